The molecule has 0 radical (unpaired) electrons. The summed E-state index contributed by atoms with van der Waals surface area (Å²) in [6, 6.07) is 10.0. The first-order valence-corrected chi connectivity index (χ1v) is 8.09. The van der Waals surface area contributed by atoms with Gasteiger partial charge in [0.15, 0.2) is 0 Å². The summed E-state index contributed by atoms with van der Waals surface area (Å²) < 4.78 is 1.88. The average Bonchev–Trinajstić information content (AvgIpc) is 3.15. The van der Waals surface area contributed by atoms with Crippen molar-refractivity contribution in [2.24, 2.45) is 7.05 Å². The summed E-state index contributed by atoms with van der Waals surface area (Å²) in [7, 11) is 5.98. The Morgan fingerprint density at radius 2 is 2.13 bits per heavy atom. The third-order valence-corrected chi connectivity index (χ3v) is 4.32. The van der Waals surface area contributed by atoms with E-state index in [-0.39, 0.29) is 11.9 Å². The van der Waals surface area contributed by atoms with E-state index >= 15 is 0 Å². The molecule has 0 N–H and O–H groups in total. The van der Waals surface area contributed by atoms with Gasteiger partial charge in [-0.2, -0.15) is 0 Å². The number of nitrogens with zero attached hydrogens (tertiary/aromatic N) is 4. The van der Waals surface area contributed by atoms with Gasteiger partial charge in [-0.15, -0.1) is 0 Å². The van der Waals surface area contributed by atoms with Crippen LogP contribution in [-0.4, -0.2) is 45.9 Å². The first-order chi connectivity index (χ1) is 11.1. The Kier molecular flexibility index (Phi) is 4.48. The summed E-state index contributed by atoms with van der Waals surface area (Å²) in [5.41, 5.74) is 2.79. The van der Waals surface area contributed by atoms with Gasteiger partial charge in [0.1, 0.15) is 5.69 Å². The van der Waals surface area contributed by atoms with Crippen molar-refractivity contribution in [3.8, 4) is 0 Å². The molecule has 1 aliphatic heterocycles. The van der Waals surface area contributed by atoms with E-state index in [2.05, 4.69) is 4.90 Å². The summed E-state index contributed by atoms with van der Waals surface area (Å²) in [4.78, 5) is 21.7. The van der Waals surface area contributed by atoms with Crippen LogP contribution in [0, 0.1) is 0 Å². The Hall–Kier alpha value is -2.14. The molecule has 2 aromatic heterocycles. The minimum absolute atomic E-state index is 0.0829. The molecule has 1 amide bonds. The van der Waals surface area contributed by atoms with Crippen molar-refractivity contribution >= 4 is 5.91 Å². The molecule has 3 heterocycles. The Morgan fingerprint density at radius 1 is 1.30 bits per heavy atom. The van der Waals surface area contributed by atoms with Gasteiger partial charge in [0.25, 0.3) is 5.91 Å². The van der Waals surface area contributed by atoms with Crippen molar-refractivity contribution in [3.63, 3.8) is 0 Å². The SMILES string of the molecule is CN(C)Cc1cccc(C2CCCN2C(=O)c2cccn2C)n1. The second-order valence-corrected chi connectivity index (χ2v) is 6.45. The molecule has 23 heavy (non-hydrogen) atoms. The minimum atomic E-state index is 0.0829. The van der Waals surface area contributed by atoms with Gasteiger partial charge in [-0.3, -0.25) is 9.78 Å². The zero-order chi connectivity index (χ0) is 16.4. The lowest BCUT2D eigenvalue weighted by molar-refractivity contribution is 0.0723. The van der Waals surface area contributed by atoms with Crippen LogP contribution < -0.4 is 0 Å². The first-order valence-electron chi connectivity index (χ1n) is 8.09. The maximum Gasteiger partial charge on any atom is 0.271 e. The van der Waals surface area contributed by atoms with Gasteiger partial charge in [0.2, 0.25) is 0 Å². The van der Waals surface area contributed by atoms with Crippen LogP contribution in [0.4, 0.5) is 0 Å². The van der Waals surface area contributed by atoms with Crippen molar-refractivity contribution in [1.82, 2.24) is 19.4 Å². The molecule has 5 nitrogen and oxygen atoms in total. The van der Waals surface area contributed by atoms with Crippen molar-refractivity contribution in [2.45, 2.75) is 25.4 Å². The fourth-order valence-corrected chi connectivity index (χ4v) is 3.24. The lowest BCUT2D eigenvalue weighted by Gasteiger charge is -2.25. The number of pyridine rings is 1. The van der Waals surface area contributed by atoms with Crippen LogP contribution in [0.25, 0.3) is 0 Å². The number of carbonyl (C=O) groups excluding carboxylic acids is 1. The lowest BCUT2D eigenvalue weighted by atomic mass is 10.1. The highest BCUT2D eigenvalue weighted by atomic mass is 16.2. The molecule has 2 aromatic rings. The van der Waals surface area contributed by atoms with Crippen LogP contribution in [-0.2, 0) is 13.6 Å². The van der Waals surface area contributed by atoms with E-state index in [0.29, 0.717) is 0 Å². The first kappa shape index (κ1) is 15.7. The van der Waals surface area contributed by atoms with Crippen LogP contribution in [0.3, 0.4) is 0 Å². The molecule has 122 valence electrons. The largest absolute Gasteiger partial charge is 0.347 e. The van der Waals surface area contributed by atoms with E-state index in [4.69, 9.17) is 4.98 Å². The quantitative estimate of drug-likeness (QED) is 0.871. The zero-order valence-corrected chi connectivity index (χ0v) is 14.1. The monoisotopic (exact) mass is 312 g/mol. The highest BCUT2D eigenvalue weighted by molar-refractivity contribution is 5.93. The van der Waals surface area contributed by atoms with Crippen molar-refractivity contribution in [1.29, 1.82) is 0 Å². The summed E-state index contributed by atoms with van der Waals surface area (Å²) in [5, 5.41) is 0. The van der Waals surface area contributed by atoms with Crippen molar-refractivity contribution < 1.29 is 4.79 Å². The maximum absolute atomic E-state index is 12.8. The molecule has 1 fully saturated rings. The van der Waals surface area contributed by atoms with E-state index in [1.165, 1.54) is 0 Å². The third-order valence-electron chi connectivity index (χ3n) is 4.32. The molecule has 0 aromatic carbocycles. The number of aromatic nitrogens is 2. The molecular formula is C18H24N4O. The summed E-state index contributed by atoms with van der Waals surface area (Å²) >= 11 is 0. The normalized spacial score (nSPS) is 17.9. The molecule has 0 saturated carbocycles. The maximum atomic E-state index is 12.8. The Balaban J connectivity index is 1.84. The number of carbonyl (C=O) groups is 1. The molecule has 1 unspecified atom stereocenters. The van der Waals surface area contributed by atoms with Gasteiger partial charge in [0, 0.05) is 26.3 Å². The van der Waals surface area contributed by atoms with Gasteiger partial charge in [-0.1, -0.05) is 6.07 Å². The van der Waals surface area contributed by atoms with Gasteiger partial charge < -0.3 is 14.4 Å². The molecule has 1 aliphatic rings. The minimum Gasteiger partial charge on any atom is -0.347 e. The number of likely N-dealkylation sites (tertiary alicyclic amines) is 1. The standard InChI is InChI=1S/C18H24N4O/c1-20(2)13-14-7-4-8-15(19-14)16-9-6-12-22(16)18(23)17-10-5-11-21(17)3/h4-5,7-8,10-11,16H,6,9,12-13H2,1-3H3. The predicted octanol–water partition coefficient (Wildman–Crippen LogP) is 2.46. The fraction of sp³-hybridized carbons (Fsp3) is 0.444. The van der Waals surface area contributed by atoms with Crippen molar-refractivity contribution in [3.05, 3.63) is 53.6 Å². The number of hydrogen-bond acceptors (Lipinski definition) is 3. The third kappa shape index (κ3) is 3.29. The summed E-state index contributed by atoms with van der Waals surface area (Å²) in [5.74, 6) is 0.0970. The molecule has 1 atom stereocenters. The van der Waals surface area contributed by atoms with E-state index < -0.39 is 0 Å². The topological polar surface area (TPSA) is 41.4 Å². The molecule has 3 rings (SSSR count). The smallest absolute Gasteiger partial charge is 0.271 e. The van der Waals surface area contributed by atoms with E-state index in [1.807, 2.05) is 67.1 Å². The molecular weight excluding hydrogens is 288 g/mol. The average molecular weight is 312 g/mol. The van der Waals surface area contributed by atoms with E-state index in [1.54, 1.807) is 0 Å². The van der Waals surface area contributed by atoms with Crippen LogP contribution >= 0.6 is 0 Å². The van der Waals surface area contributed by atoms with Gasteiger partial charge >= 0.3 is 0 Å². The molecule has 5 heteroatoms. The van der Waals surface area contributed by atoms with Gasteiger partial charge in [-0.25, -0.2) is 0 Å². The second-order valence-electron chi connectivity index (χ2n) is 6.45. The number of hydrogen-bond donors (Lipinski definition) is 0. The summed E-state index contributed by atoms with van der Waals surface area (Å²) in [6.45, 7) is 1.61. The Bertz CT molecular complexity index is 692. The summed E-state index contributed by atoms with van der Waals surface area (Å²) in [6.07, 6.45) is 3.92. The van der Waals surface area contributed by atoms with E-state index in [9.17, 15) is 4.79 Å². The molecule has 0 spiro atoms. The highest BCUT2D eigenvalue weighted by Gasteiger charge is 2.32. The molecule has 0 aliphatic carbocycles. The number of rotatable bonds is 4. The van der Waals surface area contributed by atoms with Crippen molar-refractivity contribution in [2.75, 3.05) is 20.6 Å². The van der Waals surface area contributed by atoms with Crippen LogP contribution in [0.5, 0.6) is 0 Å². The fourth-order valence-electron chi connectivity index (χ4n) is 3.24. The molecule has 1 saturated heterocycles. The van der Waals surface area contributed by atoms with Gasteiger partial charge in [-0.05, 0) is 51.2 Å². The van der Waals surface area contributed by atoms with Gasteiger partial charge in [0.05, 0.1) is 17.4 Å². The zero-order valence-electron chi connectivity index (χ0n) is 14.1. The van der Waals surface area contributed by atoms with Crippen LogP contribution in [0.2, 0.25) is 0 Å². The van der Waals surface area contributed by atoms with Crippen LogP contribution in [0.15, 0.2) is 36.5 Å². The van der Waals surface area contributed by atoms with Crippen LogP contribution in [0.1, 0.15) is 40.8 Å². The molecule has 0 bridgehead atoms. The Labute approximate surface area is 137 Å². The number of aryl methyl sites for hydroxylation is 1. The number of amides is 1. The predicted molar refractivity (Wildman–Crippen MR) is 90.1 cm³/mol. The lowest BCUT2D eigenvalue weighted by Crippen LogP contribution is -2.32. The Morgan fingerprint density at radius 3 is 2.83 bits per heavy atom. The second kappa shape index (κ2) is 6.54. The highest BCUT2D eigenvalue weighted by Crippen LogP contribution is 2.32. The van der Waals surface area contributed by atoms with E-state index in [0.717, 1.165) is 43.0 Å².